The molecule has 2 atom stereocenters. The zero-order chi connectivity index (χ0) is 14.3. The topological polar surface area (TPSA) is 35.2 Å². The molecule has 0 spiro atoms. The summed E-state index contributed by atoms with van der Waals surface area (Å²) >= 11 is 1.92. The number of hydrogen-bond donors (Lipinski definition) is 1. The number of rotatable bonds is 3. The van der Waals surface area contributed by atoms with Crippen LogP contribution in [0, 0.1) is 0 Å². The highest BCUT2D eigenvalue weighted by Crippen LogP contribution is 2.46. The van der Waals surface area contributed by atoms with Crippen LogP contribution in [0.5, 0.6) is 0 Å². The predicted molar refractivity (Wildman–Crippen MR) is 82.5 cm³/mol. The summed E-state index contributed by atoms with van der Waals surface area (Å²) in [6.07, 6.45) is 1.08. The monoisotopic (exact) mass is 279 g/mol. The van der Waals surface area contributed by atoms with Crippen molar-refractivity contribution in [2.75, 3.05) is 0 Å². The van der Waals surface area contributed by atoms with Crippen LogP contribution in [0.15, 0.2) is 29.2 Å². The number of thioether (sulfide) groups is 1. The third-order valence-electron chi connectivity index (χ3n) is 3.68. The quantitative estimate of drug-likeness (QED) is 0.903. The van der Waals surface area contributed by atoms with Gasteiger partial charge in [-0.25, -0.2) is 0 Å². The summed E-state index contributed by atoms with van der Waals surface area (Å²) in [4.78, 5) is 1.30. The number of ether oxygens (including phenoxy) is 1. The molecule has 1 aliphatic heterocycles. The van der Waals surface area contributed by atoms with Crippen molar-refractivity contribution < 1.29 is 4.74 Å². The van der Waals surface area contributed by atoms with Gasteiger partial charge in [-0.1, -0.05) is 12.1 Å². The van der Waals surface area contributed by atoms with Crippen molar-refractivity contribution in [3.63, 3.8) is 0 Å². The molecule has 1 aromatic rings. The van der Waals surface area contributed by atoms with Crippen LogP contribution in [0.25, 0.3) is 0 Å². The molecular formula is C16H25NOS. The maximum absolute atomic E-state index is 6.14. The molecule has 0 aliphatic carbocycles. The van der Waals surface area contributed by atoms with Gasteiger partial charge >= 0.3 is 0 Å². The fourth-order valence-electron chi connectivity index (χ4n) is 2.71. The van der Waals surface area contributed by atoms with Gasteiger partial charge < -0.3 is 10.5 Å². The molecule has 3 heteroatoms. The van der Waals surface area contributed by atoms with Crippen LogP contribution in [0.4, 0.5) is 0 Å². The standard InChI is InChI=1S/C16H25NOS/c1-11(17)12-6-8-13(9-7-12)19-14-10-15(2,3)18-16(14,4)5/h6-9,11,14H,10,17H2,1-5H3. The lowest BCUT2D eigenvalue weighted by molar-refractivity contribution is -0.0631. The van der Waals surface area contributed by atoms with Crippen LogP contribution in [0.2, 0.25) is 0 Å². The fraction of sp³-hybridized carbons (Fsp3) is 0.625. The maximum atomic E-state index is 6.14. The molecule has 1 aromatic carbocycles. The molecule has 1 saturated heterocycles. The Hall–Kier alpha value is -0.510. The molecule has 0 radical (unpaired) electrons. The van der Waals surface area contributed by atoms with E-state index in [9.17, 15) is 0 Å². The van der Waals surface area contributed by atoms with Crippen molar-refractivity contribution in [2.24, 2.45) is 5.73 Å². The molecule has 0 bridgehead atoms. The Kier molecular flexibility index (Phi) is 4.01. The second-order valence-corrected chi connectivity index (χ2v) is 7.91. The Labute approximate surface area is 121 Å². The Balaban J connectivity index is 2.09. The molecular weight excluding hydrogens is 254 g/mol. The first-order valence-electron chi connectivity index (χ1n) is 6.92. The summed E-state index contributed by atoms with van der Waals surface area (Å²) in [5, 5.41) is 0.489. The van der Waals surface area contributed by atoms with E-state index in [1.165, 1.54) is 10.5 Å². The highest BCUT2D eigenvalue weighted by molar-refractivity contribution is 8.00. The second-order valence-electron chi connectivity index (χ2n) is 6.63. The van der Waals surface area contributed by atoms with Crippen LogP contribution in [-0.2, 0) is 4.74 Å². The van der Waals surface area contributed by atoms with E-state index in [1.54, 1.807) is 0 Å². The van der Waals surface area contributed by atoms with E-state index in [1.807, 2.05) is 18.7 Å². The normalized spacial score (nSPS) is 26.3. The average Bonchev–Trinajstić information content (AvgIpc) is 2.47. The van der Waals surface area contributed by atoms with E-state index in [0.29, 0.717) is 5.25 Å². The zero-order valence-corrected chi connectivity index (χ0v) is 13.4. The lowest BCUT2D eigenvalue weighted by atomic mass is 10.0. The van der Waals surface area contributed by atoms with E-state index in [2.05, 4.69) is 52.0 Å². The molecule has 1 aliphatic rings. The van der Waals surface area contributed by atoms with E-state index in [4.69, 9.17) is 10.5 Å². The fourth-order valence-corrected chi connectivity index (χ4v) is 4.15. The van der Waals surface area contributed by atoms with Crippen LogP contribution in [0.3, 0.4) is 0 Å². The Morgan fingerprint density at radius 1 is 1.21 bits per heavy atom. The molecule has 2 N–H and O–H groups in total. The summed E-state index contributed by atoms with van der Waals surface area (Å²) in [7, 11) is 0. The number of benzene rings is 1. The van der Waals surface area contributed by atoms with E-state index in [-0.39, 0.29) is 17.2 Å². The molecule has 106 valence electrons. The van der Waals surface area contributed by atoms with Crippen LogP contribution in [-0.4, -0.2) is 16.5 Å². The lowest BCUT2D eigenvalue weighted by Crippen LogP contribution is -2.30. The molecule has 2 rings (SSSR count). The van der Waals surface area contributed by atoms with Crippen molar-refractivity contribution >= 4 is 11.8 Å². The molecule has 1 fully saturated rings. The first-order chi connectivity index (χ1) is 8.70. The Bertz CT molecular complexity index is 437. The molecule has 2 unspecified atom stereocenters. The van der Waals surface area contributed by atoms with Crippen LogP contribution >= 0.6 is 11.8 Å². The highest BCUT2D eigenvalue weighted by Gasteiger charge is 2.46. The minimum Gasteiger partial charge on any atom is -0.368 e. The third kappa shape index (κ3) is 3.53. The Morgan fingerprint density at radius 2 is 1.79 bits per heavy atom. The van der Waals surface area contributed by atoms with Crippen molar-refractivity contribution in [1.82, 2.24) is 0 Å². The maximum Gasteiger partial charge on any atom is 0.0756 e. The predicted octanol–water partition coefficient (Wildman–Crippen LogP) is 4.14. The summed E-state index contributed by atoms with van der Waals surface area (Å²) in [5.41, 5.74) is 6.97. The van der Waals surface area contributed by atoms with Gasteiger partial charge in [-0.3, -0.25) is 0 Å². The third-order valence-corrected chi connectivity index (χ3v) is 5.24. The summed E-state index contributed by atoms with van der Waals surface area (Å²) in [6, 6.07) is 8.70. The van der Waals surface area contributed by atoms with E-state index < -0.39 is 0 Å². The molecule has 2 nitrogen and oxygen atoms in total. The van der Waals surface area contributed by atoms with Gasteiger partial charge in [0.05, 0.1) is 11.2 Å². The average molecular weight is 279 g/mol. The molecule has 19 heavy (non-hydrogen) atoms. The lowest BCUT2D eigenvalue weighted by Gasteiger charge is -2.27. The van der Waals surface area contributed by atoms with Crippen molar-refractivity contribution in [2.45, 2.75) is 68.4 Å². The van der Waals surface area contributed by atoms with E-state index in [0.717, 1.165) is 6.42 Å². The summed E-state index contributed by atoms with van der Waals surface area (Å²) in [5.74, 6) is 0. The van der Waals surface area contributed by atoms with Crippen LogP contribution in [0.1, 0.15) is 52.6 Å². The minimum atomic E-state index is -0.0754. The van der Waals surface area contributed by atoms with Gasteiger partial charge in [0.15, 0.2) is 0 Å². The largest absolute Gasteiger partial charge is 0.368 e. The molecule has 0 aromatic heterocycles. The van der Waals surface area contributed by atoms with E-state index >= 15 is 0 Å². The molecule has 0 saturated carbocycles. The zero-order valence-electron chi connectivity index (χ0n) is 12.6. The summed E-state index contributed by atoms with van der Waals surface area (Å²) < 4.78 is 6.14. The summed E-state index contributed by atoms with van der Waals surface area (Å²) in [6.45, 7) is 10.7. The number of hydrogen-bond acceptors (Lipinski definition) is 3. The first kappa shape index (κ1) is 14.9. The SMILES string of the molecule is CC(N)c1ccc(SC2CC(C)(C)OC2(C)C)cc1. The Morgan fingerprint density at radius 3 is 2.21 bits per heavy atom. The van der Waals surface area contributed by atoms with Crippen LogP contribution < -0.4 is 5.73 Å². The van der Waals surface area contributed by atoms with Crippen molar-refractivity contribution in [3.8, 4) is 0 Å². The van der Waals surface area contributed by atoms with Gasteiger partial charge in [-0.15, -0.1) is 11.8 Å². The van der Waals surface area contributed by atoms with Gasteiger partial charge in [0, 0.05) is 16.2 Å². The van der Waals surface area contributed by atoms with Gasteiger partial charge in [-0.2, -0.15) is 0 Å². The number of nitrogens with two attached hydrogens (primary N) is 1. The molecule has 0 amide bonds. The molecule has 1 heterocycles. The highest BCUT2D eigenvalue weighted by atomic mass is 32.2. The van der Waals surface area contributed by atoms with Gasteiger partial charge in [-0.05, 0) is 58.7 Å². The minimum absolute atomic E-state index is 0.0210. The van der Waals surface area contributed by atoms with Crippen molar-refractivity contribution in [1.29, 1.82) is 0 Å². The second kappa shape index (κ2) is 5.12. The van der Waals surface area contributed by atoms with Gasteiger partial charge in [0.2, 0.25) is 0 Å². The van der Waals surface area contributed by atoms with Crippen molar-refractivity contribution in [3.05, 3.63) is 29.8 Å². The smallest absolute Gasteiger partial charge is 0.0756 e. The van der Waals surface area contributed by atoms with Gasteiger partial charge in [0.25, 0.3) is 0 Å². The first-order valence-corrected chi connectivity index (χ1v) is 7.80. The van der Waals surface area contributed by atoms with Gasteiger partial charge in [0.1, 0.15) is 0 Å².